The summed E-state index contributed by atoms with van der Waals surface area (Å²) in [6.45, 7) is 1.88. The van der Waals surface area contributed by atoms with Gasteiger partial charge in [-0.1, -0.05) is 54.1 Å². The van der Waals surface area contributed by atoms with E-state index in [-0.39, 0.29) is 11.3 Å². The molecule has 4 aromatic rings. The highest BCUT2D eigenvalue weighted by atomic mass is 19.2. The summed E-state index contributed by atoms with van der Waals surface area (Å²) in [7, 11) is 0. The minimum atomic E-state index is -1.33. The van der Waals surface area contributed by atoms with Crippen LogP contribution >= 0.6 is 0 Å². The van der Waals surface area contributed by atoms with Gasteiger partial charge < -0.3 is 9.47 Å². The Morgan fingerprint density at radius 1 is 0.722 bits per heavy atom. The van der Waals surface area contributed by atoms with Gasteiger partial charge in [0.15, 0.2) is 11.6 Å². The lowest BCUT2D eigenvalue weighted by Gasteiger charge is -2.10. The zero-order valence-electron chi connectivity index (χ0n) is 19.1. The largest absolute Gasteiger partial charge is 0.426 e. The maximum atomic E-state index is 14.6. The maximum absolute atomic E-state index is 14.6. The van der Waals surface area contributed by atoms with E-state index in [0.717, 1.165) is 22.8 Å². The van der Waals surface area contributed by atoms with Crippen molar-refractivity contribution in [2.24, 2.45) is 0 Å². The first-order valence-corrected chi connectivity index (χ1v) is 10.9. The molecule has 0 amide bonds. The topological polar surface area (TPSA) is 76.4 Å². The fourth-order valence-corrected chi connectivity index (χ4v) is 3.46. The molecule has 0 atom stereocenters. The molecule has 4 rings (SSSR count). The van der Waals surface area contributed by atoms with Gasteiger partial charge >= 0.3 is 11.9 Å². The molecule has 0 N–H and O–H groups in total. The molecule has 4 aromatic carbocycles. The van der Waals surface area contributed by atoms with Gasteiger partial charge in [-0.3, -0.25) is 9.59 Å². The second-order valence-corrected chi connectivity index (χ2v) is 7.94. The number of hydrogen-bond acceptors (Lipinski definition) is 5. The zero-order valence-corrected chi connectivity index (χ0v) is 19.1. The van der Waals surface area contributed by atoms with Crippen LogP contribution in [-0.2, 0) is 9.59 Å². The normalized spacial score (nSPS) is 10.4. The summed E-state index contributed by atoms with van der Waals surface area (Å²) in [4.78, 5) is 24.3. The lowest BCUT2D eigenvalue weighted by atomic mass is 10.0. The first-order chi connectivity index (χ1) is 17.3. The van der Waals surface area contributed by atoms with E-state index in [1.54, 1.807) is 72.8 Å². The number of hydrogen-bond donors (Lipinski definition) is 0. The van der Waals surface area contributed by atoms with E-state index in [0.29, 0.717) is 11.1 Å². The van der Waals surface area contributed by atoms with Crippen LogP contribution in [0.1, 0.15) is 17.5 Å². The Morgan fingerprint density at radius 3 is 1.89 bits per heavy atom. The Labute approximate surface area is 206 Å². The van der Waals surface area contributed by atoms with Gasteiger partial charge in [0.05, 0.1) is 11.6 Å². The van der Waals surface area contributed by atoms with Crippen LogP contribution < -0.4 is 9.47 Å². The molecular formula is C29H19F2NO4. The smallest absolute Gasteiger partial charge is 0.322 e. The van der Waals surface area contributed by atoms with Gasteiger partial charge in [0.1, 0.15) is 12.2 Å². The highest BCUT2D eigenvalue weighted by Gasteiger charge is 2.20. The van der Waals surface area contributed by atoms with E-state index in [1.165, 1.54) is 6.07 Å². The third-order valence-corrected chi connectivity index (χ3v) is 5.36. The Hall–Kier alpha value is -4.83. The Bertz CT molecular complexity index is 1460. The molecule has 0 bridgehead atoms. The summed E-state index contributed by atoms with van der Waals surface area (Å²) < 4.78 is 39.1. The molecular weight excluding hydrogens is 464 g/mol. The van der Waals surface area contributed by atoms with Gasteiger partial charge in [-0.05, 0) is 60.0 Å². The zero-order chi connectivity index (χ0) is 25.7. The van der Waals surface area contributed by atoms with E-state index in [9.17, 15) is 18.4 Å². The highest BCUT2D eigenvalue weighted by molar-refractivity contribution is 5.93. The van der Waals surface area contributed by atoms with Crippen LogP contribution in [0.3, 0.4) is 0 Å². The number of rotatable bonds is 6. The number of carbonyl (C=O) groups excluding carboxylic acids is 2. The number of carbonyl (C=O) groups is 2. The van der Waals surface area contributed by atoms with Crippen LogP contribution in [0.4, 0.5) is 8.78 Å². The molecule has 178 valence electrons. The van der Waals surface area contributed by atoms with Crippen LogP contribution in [0.25, 0.3) is 22.3 Å². The molecule has 0 aromatic heterocycles. The van der Waals surface area contributed by atoms with Gasteiger partial charge in [0, 0.05) is 5.56 Å². The Balaban J connectivity index is 1.36. The van der Waals surface area contributed by atoms with Crippen molar-refractivity contribution in [1.29, 1.82) is 5.26 Å². The minimum absolute atomic E-state index is 0.0242. The quantitative estimate of drug-likeness (QED) is 0.181. The third-order valence-electron chi connectivity index (χ3n) is 5.36. The Morgan fingerprint density at radius 2 is 1.28 bits per heavy atom. The lowest BCUT2D eigenvalue weighted by molar-refractivity contribution is -0.144. The first-order valence-electron chi connectivity index (χ1n) is 10.9. The van der Waals surface area contributed by atoms with Crippen LogP contribution in [0, 0.1) is 29.9 Å². The average molecular weight is 483 g/mol. The number of esters is 2. The molecule has 0 aliphatic rings. The molecule has 0 saturated heterocycles. The summed E-state index contributed by atoms with van der Waals surface area (Å²) in [6.07, 6.45) is -0.794. The number of benzene rings is 4. The first kappa shape index (κ1) is 24.3. The predicted octanol–water partition coefficient (Wildman–Crippen LogP) is 6.38. The fourth-order valence-electron chi connectivity index (χ4n) is 3.46. The molecule has 0 aliphatic carbocycles. The van der Waals surface area contributed by atoms with E-state index < -0.39 is 35.7 Å². The van der Waals surface area contributed by atoms with E-state index >= 15 is 0 Å². The van der Waals surface area contributed by atoms with Crippen molar-refractivity contribution in [2.75, 3.05) is 0 Å². The van der Waals surface area contributed by atoms with Crippen molar-refractivity contribution in [2.45, 2.75) is 13.3 Å². The summed E-state index contributed by atoms with van der Waals surface area (Å²) in [5.41, 5.74) is 3.73. The number of nitrogens with zero attached hydrogens (tertiary/aromatic N) is 1. The van der Waals surface area contributed by atoms with Crippen LogP contribution in [-0.4, -0.2) is 11.9 Å². The van der Waals surface area contributed by atoms with Crippen molar-refractivity contribution < 1.29 is 27.8 Å². The van der Waals surface area contributed by atoms with E-state index in [2.05, 4.69) is 0 Å². The van der Waals surface area contributed by atoms with Crippen molar-refractivity contribution in [3.8, 4) is 39.8 Å². The number of nitriles is 1. The molecule has 0 fully saturated rings. The summed E-state index contributed by atoms with van der Waals surface area (Å²) in [5.74, 6) is -4.90. The average Bonchev–Trinajstić information content (AvgIpc) is 2.88. The minimum Gasteiger partial charge on any atom is -0.426 e. The van der Waals surface area contributed by atoms with Crippen molar-refractivity contribution >= 4 is 11.9 Å². The summed E-state index contributed by atoms with van der Waals surface area (Å²) in [5, 5.41) is 8.89. The molecule has 0 heterocycles. The molecule has 0 spiro atoms. The van der Waals surface area contributed by atoms with Crippen molar-refractivity contribution in [1.82, 2.24) is 0 Å². The summed E-state index contributed by atoms with van der Waals surface area (Å²) >= 11 is 0. The monoisotopic (exact) mass is 483 g/mol. The maximum Gasteiger partial charge on any atom is 0.322 e. The van der Waals surface area contributed by atoms with E-state index in [4.69, 9.17) is 14.7 Å². The molecule has 5 nitrogen and oxygen atoms in total. The van der Waals surface area contributed by atoms with Crippen LogP contribution in [0.15, 0.2) is 84.9 Å². The van der Waals surface area contributed by atoms with Gasteiger partial charge in [-0.15, -0.1) is 0 Å². The van der Waals surface area contributed by atoms with Gasteiger partial charge in [0.25, 0.3) is 0 Å². The predicted molar refractivity (Wildman–Crippen MR) is 129 cm³/mol. The number of ether oxygens (including phenoxy) is 2. The van der Waals surface area contributed by atoms with Crippen LogP contribution in [0.2, 0.25) is 0 Å². The molecule has 0 saturated carbocycles. The lowest BCUT2D eigenvalue weighted by Crippen LogP contribution is -2.18. The fraction of sp³-hybridized carbons (Fsp3) is 0.0690. The second kappa shape index (κ2) is 10.6. The van der Waals surface area contributed by atoms with E-state index in [1.807, 2.05) is 13.0 Å². The molecule has 0 unspecified atom stereocenters. The standard InChI is InChI=1S/C29H19F2NO4/c1-18-2-6-22(7-3-18)24-14-15-25(29(31)28(24)30)36-27(34)16-26(33)35-23-12-10-21(11-13-23)20-8-4-19(17-32)5-9-20/h2-15H,16H2,1H3. The van der Waals surface area contributed by atoms with Crippen LogP contribution in [0.5, 0.6) is 11.5 Å². The summed E-state index contributed by atoms with van der Waals surface area (Å²) in [6, 6.07) is 24.9. The van der Waals surface area contributed by atoms with Gasteiger partial charge in [0.2, 0.25) is 5.82 Å². The molecule has 36 heavy (non-hydrogen) atoms. The van der Waals surface area contributed by atoms with Gasteiger partial charge in [-0.2, -0.15) is 9.65 Å². The van der Waals surface area contributed by atoms with Gasteiger partial charge in [-0.25, -0.2) is 4.39 Å². The number of halogens is 2. The van der Waals surface area contributed by atoms with Crippen molar-refractivity contribution in [3.63, 3.8) is 0 Å². The Kier molecular flexibility index (Phi) is 7.17. The molecule has 0 aliphatic heterocycles. The highest BCUT2D eigenvalue weighted by Crippen LogP contribution is 2.30. The molecule has 7 heteroatoms. The third kappa shape index (κ3) is 5.62. The molecule has 0 radical (unpaired) electrons. The number of aryl methyl sites for hydroxylation is 1. The SMILES string of the molecule is Cc1ccc(-c2ccc(OC(=O)CC(=O)Oc3ccc(-c4ccc(C#N)cc4)cc3)c(F)c2F)cc1. The van der Waals surface area contributed by atoms with Crippen molar-refractivity contribution in [3.05, 3.63) is 108 Å². The second-order valence-electron chi connectivity index (χ2n) is 7.94.